The summed E-state index contributed by atoms with van der Waals surface area (Å²) in [5.74, 6) is 2.47. The van der Waals surface area contributed by atoms with Gasteiger partial charge in [0, 0.05) is 18.6 Å². The highest BCUT2D eigenvalue weighted by atomic mass is 32.2. The van der Waals surface area contributed by atoms with Crippen LogP contribution < -0.4 is 5.73 Å². The topological polar surface area (TPSA) is 29.3 Å². The first-order valence-corrected chi connectivity index (χ1v) is 8.40. The van der Waals surface area contributed by atoms with Gasteiger partial charge in [0.2, 0.25) is 0 Å². The average molecular weight is 260 g/mol. The second-order valence-corrected chi connectivity index (χ2v) is 6.12. The van der Waals surface area contributed by atoms with Crippen molar-refractivity contribution < 1.29 is 0 Å². The zero-order valence-corrected chi connectivity index (χ0v) is 13.1. The first-order valence-electron chi connectivity index (χ1n) is 7.24. The lowest BCUT2D eigenvalue weighted by Crippen LogP contribution is -2.46. The molecule has 0 aliphatic heterocycles. The summed E-state index contributed by atoms with van der Waals surface area (Å²) in [6.07, 6.45) is 5.03. The Morgan fingerprint density at radius 3 is 2.41 bits per heavy atom. The van der Waals surface area contributed by atoms with Crippen LogP contribution in [0.5, 0.6) is 0 Å². The van der Waals surface area contributed by atoms with E-state index in [9.17, 15) is 0 Å². The highest BCUT2D eigenvalue weighted by Crippen LogP contribution is 2.15. The Kier molecular flexibility index (Phi) is 11.5. The third-order valence-corrected chi connectivity index (χ3v) is 4.40. The van der Waals surface area contributed by atoms with Crippen molar-refractivity contribution in [1.29, 1.82) is 0 Å². The van der Waals surface area contributed by atoms with E-state index >= 15 is 0 Å². The van der Waals surface area contributed by atoms with Crippen LogP contribution in [0.15, 0.2) is 0 Å². The van der Waals surface area contributed by atoms with Gasteiger partial charge in [0.15, 0.2) is 0 Å². The van der Waals surface area contributed by atoms with Gasteiger partial charge in [0.25, 0.3) is 0 Å². The fourth-order valence-electron chi connectivity index (χ4n) is 2.12. The second-order valence-electron chi connectivity index (χ2n) is 4.72. The van der Waals surface area contributed by atoms with Crippen molar-refractivity contribution in [2.45, 2.75) is 65.5 Å². The minimum atomic E-state index is 0.579. The number of rotatable bonds is 11. The van der Waals surface area contributed by atoms with Crippen LogP contribution in [0.1, 0.15) is 53.4 Å². The van der Waals surface area contributed by atoms with Gasteiger partial charge in [-0.3, -0.25) is 4.90 Å². The molecule has 0 fully saturated rings. The van der Waals surface area contributed by atoms with E-state index < -0.39 is 0 Å². The highest BCUT2D eigenvalue weighted by molar-refractivity contribution is 7.99. The highest BCUT2D eigenvalue weighted by Gasteiger charge is 2.20. The molecule has 0 spiro atoms. The number of unbranched alkanes of at least 4 members (excludes halogenated alkanes) is 1. The Morgan fingerprint density at radius 2 is 1.94 bits per heavy atom. The maximum Gasteiger partial charge on any atom is 0.0229 e. The van der Waals surface area contributed by atoms with Crippen LogP contribution in [0.25, 0.3) is 0 Å². The quantitative estimate of drug-likeness (QED) is 0.578. The number of hydrogen-bond donors (Lipinski definition) is 1. The summed E-state index contributed by atoms with van der Waals surface area (Å²) in [6, 6.07) is 1.25. The summed E-state index contributed by atoms with van der Waals surface area (Å²) in [5.41, 5.74) is 5.97. The van der Waals surface area contributed by atoms with Gasteiger partial charge in [-0.25, -0.2) is 0 Å². The summed E-state index contributed by atoms with van der Waals surface area (Å²) in [7, 11) is 0. The van der Waals surface area contributed by atoms with E-state index in [2.05, 4.69) is 32.6 Å². The third-order valence-electron chi connectivity index (χ3n) is 3.47. The van der Waals surface area contributed by atoms with Crippen LogP contribution in [0.2, 0.25) is 0 Å². The molecule has 0 aliphatic carbocycles. The molecule has 0 bridgehead atoms. The Morgan fingerprint density at radius 1 is 1.24 bits per heavy atom. The number of hydrogen-bond acceptors (Lipinski definition) is 3. The Hall–Kier alpha value is 0.270. The van der Waals surface area contributed by atoms with Gasteiger partial charge in [-0.05, 0) is 44.2 Å². The molecule has 0 aromatic heterocycles. The van der Waals surface area contributed by atoms with Gasteiger partial charge in [-0.2, -0.15) is 11.8 Å². The van der Waals surface area contributed by atoms with Gasteiger partial charge < -0.3 is 5.73 Å². The van der Waals surface area contributed by atoms with E-state index in [1.165, 1.54) is 43.7 Å². The van der Waals surface area contributed by atoms with Gasteiger partial charge in [-0.1, -0.05) is 27.2 Å². The van der Waals surface area contributed by atoms with Crippen molar-refractivity contribution in [3.8, 4) is 0 Å². The molecule has 2 atom stereocenters. The lowest BCUT2D eigenvalue weighted by atomic mass is 10.1. The van der Waals surface area contributed by atoms with E-state index in [1.54, 1.807) is 0 Å². The maximum absolute atomic E-state index is 5.97. The molecule has 0 aliphatic rings. The van der Waals surface area contributed by atoms with Gasteiger partial charge in [0.05, 0.1) is 0 Å². The average Bonchev–Trinajstić information content (AvgIpc) is 2.36. The van der Waals surface area contributed by atoms with E-state index in [4.69, 9.17) is 5.73 Å². The molecule has 104 valence electrons. The predicted molar refractivity (Wildman–Crippen MR) is 81.8 cm³/mol. The van der Waals surface area contributed by atoms with Crippen molar-refractivity contribution in [2.75, 3.05) is 24.6 Å². The van der Waals surface area contributed by atoms with Crippen LogP contribution in [-0.2, 0) is 0 Å². The smallest absolute Gasteiger partial charge is 0.0229 e. The summed E-state index contributed by atoms with van der Waals surface area (Å²) in [5, 5.41) is 0. The molecule has 2 nitrogen and oxygen atoms in total. The summed E-state index contributed by atoms with van der Waals surface area (Å²) in [6.45, 7) is 11.1. The molecule has 0 saturated heterocycles. The van der Waals surface area contributed by atoms with E-state index in [1.807, 2.05) is 11.8 Å². The minimum absolute atomic E-state index is 0.579. The first kappa shape index (κ1) is 17.3. The zero-order chi connectivity index (χ0) is 13.1. The van der Waals surface area contributed by atoms with Crippen molar-refractivity contribution in [1.82, 2.24) is 4.90 Å². The van der Waals surface area contributed by atoms with E-state index in [0.717, 1.165) is 6.54 Å². The minimum Gasteiger partial charge on any atom is -0.329 e. The lowest BCUT2D eigenvalue weighted by molar-refractivity contribution is 0.138. The van der Waals surface area contributed by atoms with E-state index in [0.29, 0.717) is 12.1 Å². The lowest BCUT2D eigenvalue weighted by Gasteiger charge is -2.35. The SMILES string of the molecule is CCCCN(C(C)CC)C(CN)CCSCC. The Bertz CT molecular complexity index is 164. The predicted octanol–water partition coefficient (Wildman–Crippen LogP) is 3.36. The van der Waals surface area contributed by atoms with Crippen molar-refractivity contribution in [2.24, 2.45) is 5.73 Å². The first-order chi connectivity index (χ1) is 8.21. The van der Waals surface area contributed by atoms with Gasteiger partial charge >= 0.3 is 0 Å². The normalized spacial score (nSPS) is 15.2. The molecule has 2 N–H and O–H groups in total. The van der Waals surface area contributed by atoms with Crippen LogP contribution in [0.4, 0.5) is 0 Å². The maximum atomic E-state index is 5.97. The van der Waals surface area contributed by atoms with Crippen molar-refractivity contribution in [3.63, 3.8) is 0 Å². The van der Waals surface area contributed by atoms with Crippen molar-refractivity contribution in [3.05, 3.63) is 0 Å². The molecular formula is C14H32N2S. The fourth-order valence-corrected chi connectivity index (χ4v) is 2.85. The summed E-state index contributed by atoms with van der Waals surface area (Å²) >= 11 is 2.03. The second kappa shape index (κ2) is 11.4. The van der Waals surface area contributed by atoms with Crippen LogP contribution >= 0.6 is 11.8 Å². The molecule has 0 aromatic rings. The molecule has 0 rings (SSSR count). The molecule has 17 heavy (non-hydrogen) atoms. The largest absolute Gasteiger partial charge is 0.329 e. The number of nitrogens with zero attached hydrogens (tertiary/aromatic N) is 1. The Balaban J connectivity index is 4.26. The van der Waals surface area contributed by atoms with Crippen LogP contribution in [-0.4, -0.2) is 41.6 Å². The van der Waals surface area contributed by atoms with Crippen molar-refractivity contribution >= 4 is 11.8 Å². The van der Waals surface area contributed by atoms with Gasteiger partial charge in [-0.15, -0.1) is 0 Å². The third kappa shape index (κ3) is 7.32. The molecule has 2 unspecified atom stereocenters. The molecule has 0 saturated carbocycles. The molecule has 0 heterocycles. The number of thioether (sulfide) groups is 1. The number of nitrogens with two attached hydrogens (primary N) is 1. The van der Waals surface area contributed by atoms with E-state index in [-0.39, 0.29) is 0 Å². The molecule has 0 amide bonds. The molecule has 0 radical (unpaired) electrons. The monoisotopic (exact) mass is 260 g/mol. The fraction of sp³-hybridized carbons (Fsp3) is 1.00. The molecule has 0 aromatic carbocycles. The van der Waals surface area contributed by atoms with Crippen LogP contribution in [0, 0.1) is 0 Å². The molecule has 3 heteroatoms. The zero-order valence-electron chi connectivity index (χ0n) is 12.2. The molecular weight excluding hydrogens is 228 g/mol. The van der Waals surface area contributed by atoms with Gasteiger partial charge in [0.1, 0.15) is 0 Å². The summed E-state index contributed by atoms with van der Waals surface area (Å²) in [4.78, 5) is 2.64. The summed E-state index contributed by atoms with van der Waals surface area (Å²) < 4.78 is 0. The standard InChI is InChI=1S/C14H32N2S/c1-5-8-10-16(13(4)6-2)14(12-15)9-11-17-7-3/h13-14H,5-12,15H2,1-4H3. The Labute approximate surface area is 113 Å². The van der Waals surface area contributed by atoms with Crippen LogP contribution in [0.3, 0.4) is 0 Å².